The number of carbonyl (C=O) groups excluding carboxylic acids is 1. The van der Waals surface area contributed by atoms with Gasteiger partial charge in [0.1, 0.15) is 5.75 Å². The highest BCUT2D eigenvalue weighted by molar-refractivity contribution is 5.80. The van der Waals surface area contributed by atoms with Crippen molar-refractivity contribution in [3.05, 3.63) is 40.2 Å². The molecule has 94 valence electrons. The third-order valence-electron chi connectivity index (χ3n) is 2.58. The van der Waals surface area contributed by atoms with Crippen LogP contribution in [-0.4, -0.2) is 22.7 Å². The van der Waals surface area contributed by atoms with Crippen LogP contribution in [0.4, 0.5) is 0 Å². The molecule has 0 saturated heterocycles. The number of H-pyrrole nitrogens is 1. The molecule has 1 aromatic carbocycles. The van der Waals surface area contributed by atoms with Gasteiger partial charge in [0.25, 0.3) is 5.56 Å². The van der Waals surface area contributed by atoms with E-state index in [-0.39, 0.29) is 23.9 Å². The molecule has 0 radical (unpaired) electrons. The van der Waals surface area contributed by atoms with Crippen LogP contribution < -0.4 is 5.56 Å². The van der Waals surface area contributed by atoms with Gasteiger partial charge < -0.3 is 14.8 Å². The van der Waals surface area contributed by atoms with Crippen LogP contribution in [0.15, 0.2) is 29.1 Å². The zero-order valence-corrected chi connectivity index (χ0v) is 9.90. The van der Waals surface area contributed by atoms with E-state index >= 15 is 0 Å². The molecule has 0 fully saturated rings. The van der Waals surface area contributed by atoms with Crippen molar-refractivity contribution in [1.82, 2.24) is 4.98 Å². The zero-order valence-electron chi connectivity index (χ0n) is 9.90. The Morgan fingerprint density at radius 3 is 2.89 bits per heavy atom. The van der Waals surface area contributed by atoms with Crippen molar-refractivity contribution in [2.24, 2.45) is 0 Å². The summed E-state index contributed by atoms with van der Waals surface area (Å²) in [7, 11) is 0. The van der Waals surface area contributed by atoms with E-state index in [1.165, 1.54) is 13.0 Å². The standard InChI is InChI=1S/C13H13NO4/c1-8(15)18-5-4-9-6-10-7-11(16)2-3-12(10)14-13(9)17/h2-3,6-7,16H,4-5H2,1H3,(H,14,17). The summed E-state index contributed by atoms with van der Waals surface area (Å²) >= 11 is 0. The lowest BCUT2D eigenvalue weighted by molar-refractivity contribution is -0.140. The first-order valence-electron chi connectivity index (χ1n) is 5.54. The summed E-state index contributed by atoms with van der Waals surface area (Å²) in [6, 6.07) is 6.41. The second-order valence-corrected chi connectivity index (χ2v) is 3.99. The maximum Gasteiger partial charge on any atom is 0.302 e. The van der Waals surface area contributed by atoms with Crippen molar-refractivity contribution in [3.63, 3.8) is 0 Å². The van der Waals surface area contributed by atoms with Gasteiger partial charge in [0.2, 0.25) is 0 Å². The number of nitrogens with one attached hydrogen (secondary N) is 1. The highest BCUT2D eigenvalue weighted by Gasteiger charge is 2.04. The molecule has 0 aliphatic carbocycles. The van der Waals surface area contributed by atoms with E-state index < -0.39 is 0 Å². The fourth-order valence-electron chi connectivity index (χ4n) is 1.73. The van der Waals surface area contributed by atoms with Crippen LogP contribution in [-0.2, 0) is 16.0 Å². The molecule has 0 unspecified atom stereocenters. The SMILES string of the molecule is CC(=O)OCCc1cc2cc(O)ccc2[nH]c1=O. The fraction of sp³-hybridized carbons (Fsp3) is 0.231. The summed E-state index contributed by atoms with van der Waals surface area (Å²) in [6.07, 6.45) is 0.348. The Balaban J connectivity index is 2.30. The van der Waals surface area contributed by atoms with Gasteiger partial charge >= 0.3 is 5.97 Å². The number of hydrogen-bond donors (Lipinski definition) is 2. The molecule has 18 heavy (non-hydrogen) atoms. The maximum absolute atomic E-state index is 11.7. The Morgan fingerprint density at radius 2 is 2.17 bits per heavy atom. The number of rotatable bonds is 3. The number of ether oxygens (including phenoxy) is 1. The first kappa shape index (κ1) is 12.2. The molecule has 0 bridgehead atoms. The van der Waals surface area contributed by atoms with Crippen molar-refractivity contribution >= 4 is 16.9 Å². The molecule has 2 rings (SSSR count). The second kappa shape index (κ2) is 4.91. The van der Waals surface area contributed by atoms with Gasteiger partial charge in [-0.05, 0) is 24.3 Å². The number of benzene rings is 1. The summed E-state index contributed by atoms with van der Waals surface area (Å²) in [5.41, 5.74) is 0.976. The van der Waals surface area contributed by atoms with Crippen molar-refractivity contribution in [2.75, 3.05) is 6.61 Å². The minimum absolute atomic E-state index is 0.139. The lowest BCUT2D eigenvalue weighted by Gasteiger charge is -2.04. The average molecular weight is 247 g/mol. The molecule has 0 aliphatic rings. The monoisotopic (exact) mass is 247 g/mol. The minimum Gasteiger partial charge on any atom is -0.508 e. The van der Waals surface area contributed by atoms with Gasteiger partial charge in [0.15, 0.2) is 0 Å². The summed E-state index contributed by atoms with van der Waals surface area (Å²) in [4.78, 5) is 25.1. The average Bonchev–Trinajstić information content (AvgIpc) is 2.30. The van der Waals surface area contributed by atoms with Crippen LogP contribution in [0.2, 0.25) is 0 Å². The first-order chi connectivity index (χ1) is 8.56. The van der Waals surface area contributed by atoms with Gasteiger partial charge in [-0.2, -0.15) is 0 Å². The highest BCUT2D eigenvalue weighted by atomic mass is 16.5. The van der Waals surface area contributed by atoms with E-state index in [0.717, 1.165) is 5.39 Å². The number of fused-ring (bicyclic) bond motifs is 1. The smallest absolute Gasteiger partial charge is 0.302 e. The van der Waals surface area contributed by atoms with Gasteiger partial charge in [0, 0.05) is 29.8 Å². The van der Waals surface area contributed by atoms with Crippen LogP contribution >= 0.6 is 0 Å². The number of carbonyl (C=O) groups is 1. The maximum atomic E-state index is 11.7. The van der Waals surface area contributed by atoms with E-state index in [9.17, 15) is 14.7 Å². The van der Waals surface area contributed by atoms with Crippen molar-refractivity contribution in [3.8, 4) is 5.75 Å². The van der Waals surface area contributed by atoms with Gasteiger partial charge in [-0.15, -0.1) is 0 Å². The Labute approximate surface area is 103 Å². The number of aromatic hydroxyl groups is 1. The number of aromatic nitrogens is 1. The largest absolute Gasteiger partial charge is 0.508 e. The van der Waals surface area contributed by atoms with Crippen LogP contribution in [0.1, 0.15) is 12.5 Å². The van der Waals surface area contributed by atoms with E-state index in [4.69, 9.17) is 4.74 Å². The third-order valence-corrected chi connectivity index (χ3v) is 2.58. The normalized spacial score (nSPS) is 10.5. The lowest BCUT2D eigenvalue weighted by atomic mass is 10.1. The van der Waals surface area contributed by atoms with E-state index in [0.29, 0.717) is 17.5 Å². The Morgan fingerprint density at radius 1 is 1.39 bits per heavy atom. The molecule has 2 N–H and O–H groups in total. The lowest BCUT2D eigenvalue weighted by Crippen LogP contribution is -2.15. The number of phenols is 1. The number of pyridine rings is 1. The quantitative estimate of drug-likeness (QED) is 0.802. The molecule has 0 atom stereocenters. The summed E-state index contributed by atoms with van der Waals surface area (Å²) < 4.78 is 4.80. The molecular weight excluding hydrogens is 234 g/mol. The molecule has 0 amide bonds. The number of esters is 1. The molecular formula is C13H13NO4. The molecule has 0 saturated carbocycles. The number of hydrogen-bond acceptors (Lipinski definition) is 4. The highest BCUT2D eigenvalue weighted by Crippen LogP contribution is 2.17. The van der Waals surface area contributed by atoms with Crippen molar-refractivity contribution in [1.29, 1.82) is 0 Å². The minimum atomic E-state index is -0.370. The first-order valence-corrected chi connectivity index (χ1v) is 5.54. The summed E-state index contributed by atoms with van der Waals surface area (Å²) in [6.45, 7) is 1.49. The summed E-state index contributed by atoms with van der Waals surface area (Å²) in [5, 5.41) is 10.1. The third kappa shape index (κ3) is 2.68. The molecule has 5 heteroatoms. The summed E-state index contributed by atoms with van der Waals surface area (Å²) in [5.74, 6) is -0.231. The van der Waals surface area contributed by atoms with Crippen LogP contribution in [0.5, 0.6) is 5.75 Å². The van der Waals surface area contributed by atoms with Gasteiger partial charge in [0.05, 0.1) is 6.61 Å². The molecule has 1 heterocycles. The topological polar surface area (TPSA) is 79.4 Å². The van der Waals surface area contributed by atoms with Crippen LogP contribution in [0, 0.1) is 0 Å². The van der Waals surface area contributed by atoms with Crippen LogP contribution in [0.25, 0.3) is 10.9 Å². The van der Waals surface area contributed by atoms with E-state index in [1.54, 1.807) is 18.2 Å². The van der Waals surface area contributed by atoms with Gasteiger partial charge in [-0.25, -0.2) is 0 Å². The second-order valence-electron chi connectivity index (χ2n) is 3.99. The number of aromatic amines is 1. The predicted octanol–water partition coefficient (Wildman–Crippen LogP) is 1.34. The Hall–Kier alpha value is -2.30. The molecule has 0 aliphatic heterocycles. The number of phenolic OH excluding ortho intramolecular Hbond substituents is 1. The molecule has 0 spiro atoms. The van der Waals surface area contributed by atoms with Gasteiger partial charge in [-0.1, -0.05) is 0 Å². The Bertz CT molecular complexity index is 645. The zero-order chi connectivity index (χ0) is 13.1. The molecule has 1 aromatic heterocycles. The Kier molecular flexibility index (Phi) is 3.32. The molecule has 5 nitrogen and oxygen atoms in total. The van der Waals surface area contributed by atoms with Crippen molar-refractivity contribution in [2.45, 2.75) is 13.3 Å². The van der Waals surface area contributed by atoms with Gasteiger partial charge in [-0.3, -0.25) is 9.59 Å². The van der Waals surface area contributed by atoms with Crippen LogP contribution in [0.3, 0.4) is 0 Å². The van der Waals surface area contributed by atoms with Crippen molar-refractivity contribution < 1.29 is 14.6 Å². The molecule has 2 aromatic rings. The van der Waals surface area contributed by atoms with E-state index in [2.05, 4.69) is 4.98 Å². The fourth-order valence-corrected chi connectivity index (χ4v) is 1.73. The predicted molar refractivity (Wildman–Crippen MR) is 66.6 cm³/mol. The van der Waals surface area contributed by atoms with E-state index in [1.807, 2.05) is 0 Å².